The minimum absolute atomic E-state index is 0.0232. The zero-order valence-electron chi connectivity index (χ0n) is 13.8. The van der Waals surface area contributed by atoms with Crippen LogP contribution in [0.15, 0.2) is 47.6 Å². The number of amides is 1. The second-order valence-electron chi connectivity index (χ2n) is 5.96. The maximum atomic E-state index is 12.5. The molecule has 1 aliphatic heterocycles. The van der Waals surface area contributed by atoms with E-state index >= 15 is 0 Å². The van der Waals surface area contributed by atoms with Crippen molar-refractivity contribution in [2.45, 2.75) is 17.4 Å². The zero-order chi connectivity index (χ0) is 17.2. The van der Waals surface area contributed by atoms with E-state index in [1.807, 2.05) is 42.7 Å². The van der Waals surface area contributed by atoms with Gasteiger partial charge in [0, 0.05) is 29.6 Å². The summed E-state index contributed by atoms with van der Waals surface area (Å²) in [4.78, 5) is 15.7. The van der Waals surface area contributed by atoms with Crippen LogP contribution in [0.5, 0.6) is 0 Å². The third-order valence-corrected chi connectivity index (χ3v) is 5.05. The van der Waals surface area contributed by atoms with Gasteiger partial charge in [-0.25, -0.2) is 0 Å². The van der Waals surface area contributed by atoms with Crippen LogP contribution in [0.2, 0.25) is 0 Å². The van der Waals surface area contributed by atoms with Gasteiger partial charge in [0.05, 0.1) is 0 Å². The molecule has 1 aliphatic rings. The van der Waals surface area contributed by atoms with Crippen molar-refractivity contribution in [2.75, 3.05) is 24.2 Å². The number of fused-ring (bicyclic) bond motifs is 1. The van der Waals surface area contributed by atoms with Crippen LogP contribution < -0.4 is 10.2 Å². The molecule has 1 unspecified atom stereocenters. The highest BCUT2D eigenvalue weighted by molar-refractivity contribution is 7.98. The Kier molecular flexibility index (Phi) is 4.27. The smallest absolute Gasteiger partial charge is 0.251 e. The van der Waals surface area contributed by atoms with Gasteiger partial charge in [0.25, 0.3) is 5.91 Å². The molecule has 1 amide bonds. The highest BCUT2D eigenvalue weighted by Crippen LogP contribution is 2.19. The van der Waals surface area contributed by atoms with Crippen LogP contribution in [-0.4, -0.2) is 51.1 Å². The summed E-state index contributed by atoms with van der Waals surface area (Å²) in [5.74, 6) is 0.846. The van der Waals surface area contributed by atoms with E-state index in [-0.39, 0.29) is 11.9 Å². The topological polar surface area (TPSA) is 75.4 Å². The van der Waals surface area contributed by atoms with Crippen molar-refractivity contribution in [3.05, 3.63) is 48.3 Å². The molecular weight excluding hydrogens is 336 g/mol. The van der Waals surface area contributed by atoms with Gasteiger partial charge >= 0.3 is 0 Å². The van der Waals surface area contributed by atoms with Crippen LogP contribution in [0.3, 0.4) is 0 Å². The van der Waals surface area contributed by atoms with Gasteiger partial charge in [0.2, 0.25) is 0 Å². The Morgan fingerprint density at radius 2 is 2.24 bits per heavy atom. The lowest BCUT2D eigenvalue weighted by molar-refractivity contribution is 0.0940. The summed E-state index contributed by atoms with van der Waals surface area (Å²) in [5.41, 5.74) is 1.43. The molecule has 2 aromatic heterocycles. The fraction of sp³-hybridized carbons (Fsp3) is 0.294. The van der Waals surface area contributed by atoms with Crippen LogP contribution in [0, 0.1) is 0 Å². The summed E-state index contributed by atoms with van der Waals surface area (Å²) in [6.07, 6.45) is 4.49. The predicted octanol–water partition coefficient (Wildman–Crippen LogP) is 1.85. The van der Waals surface area contributed by atoms with Crippen LogP contribution in [-0.2, 0) is 0 Å². The number of nitrogens with one attached hydrogen (secondary N) is 1. The number of rotatable bonds is 4. The molecule has 1 aromatic carbocycles. The zero-order valence-corrected chi connectivity index (χ0v) is 14.6. The van der Waals surface area contributed by atoms with E-state index in [4.69, 9.17) is 0 Å². The average molecular weight is 354 g/mol. The van der Waals surface area contributed by atoms with Crippen molar-refractivity contribution in [3.63, 3.8) is 0 Å². The number of benzene rings is 1. The number of carbonyl (C=O) groups excluding carboxylic acids is 1. The first-order chi connectivity index (χ1) is 12.2. The summed E-state index contributed by atoms with van der Waals surface area (Å²) in [7, 11) is 0. The molecule has 7 nitrogen and oxygen atoms in total. The Labute approximate surface area is 149 Å². The van der Waals surface area contributed by atoms with Crippen molar-refractivity contribution in [3.8, 4) is 0 Å². The molecule has 8 heteroatoms. The van der Waals surface area contributed by atoms with Crippen molar-refractivity contribution in [1.82, 2.24) is 25.1 Å². The lowest BCUT2D eigenvalue weighted by Crippen LogP contribution is -2.37. The van der Waals surface area contributed by atoms with Gasteiger partial charge in [0.1, 0.15) is 12.1 Å². The number of nitrogens with zero attached hydrogens (tertiary/aromatic N) is 5. The number of hydrogen-bond donors (Lipinski definition) is 1. The van der Waals surface area contributed by atoms with E-state index in [1.165, 1.54) is 0 Å². The standard InChI is InChI=1S/C17H18N6OS/c1-25-14-4-2-3-12(9-14)17(24)19-13-7-8-22(10-13)16-6-5-15-20-18-11-23(15)21-16/h2-6,9,11,13H,7-8,10H2,1H3,(H,19,24). The molecule has 4 rings (SSSR count). The molecule has 25 heavy (non-hydrogen) atoms. The van der Waals surface area contributed by atoms with Crippen molar-refractivity contribution < 1.29 is 4.79 Å². The van der Waals surface area contributed by atoms with E-state index in [2.05, 4.69) is 25.5 Å². The quantitative estimate of drug-likeness (QED) is 0.721. The first-order valence-corrected chi connectivity index (χ1v) is 9.32. The normalized spacial score (nSPS) is 17.2. The molecule has 0 saturated carbocycles. The van der Waals surface area contributed by atoms with Gasteiger partial charge in [-0.2, -0.15) is 4.52 Å². The maximum Gasteiger partial charge on any atom is 0.251 e. The Morgan fingerprint density at radius 1 is 1.32 bits per heavy atom. The summed E-state index contributed by atoms with van der Waals surface area (Å²) >= 11 is 1.63. The third kappa shape index (κ3) is 3.30. The molecule has 1 fully saturated rings. The molecule has 1 N–H and O–H groups in total. The first-order valence-electron chi connectivity index (χ1n) is 8.10. The lowest BCUT2D eigenvalue weighted by atomic mass is 10.2. The van der Waals surface area contributed by atoms with E-state index < -0.39 is 0 Å². The molecular formula is C17H18N6OS. The average Bonchev–Trinajstić information content (AvgIpc) is 3.30. The highest BCUT2D eigenvalue weighted by atomic mass is 32.2. The third-order valence-electron chi connectivity index (χ3n) is 4.33. The number of aromatic nitrogens is 4. The monoisotopic (exact) mass is 354 g/mol. The van der Waals surface area contributed by atoms with Gasteiger partial charge in [-0.3, -0.25) is 4.79 Å². The molecule has 0 aliphatic carbocycles. The predicted molar refractivity (Wildman–Crippen MR) is 97.1 cm³/mol. The molecule has 0 radical (unpaired) electrons. The number of carbonyl (C=O) groups is 1. The Morgan fingerprint density at radius 3 is 3.12 bits per heavy atom. The summed E-state index contributed by atoms with van der Waals surface area (Å²) in [5, 5.41) is 15.4. The minimum Gasteiger partial charge on any atom is -0.353 e. The molecule has 1 saturated heterocycles. The van der Waals surface area contributed by atoms with E-state index in [9.17, 15) is 4.79 Å². The highest BCUT2D eigenvalue weighted by Gasteiger charge is 2.25. The molecule has 0 spiro atoms. The molecule has 1 atom stereocenters. The van der Waals surface area contributed by atoms with E-state index in [0.717, 1.165) is 35.9 Å². The molecule has 3 aromatic rings. The Hall–Kier alpha value is -2.61. The van der Waals surface area contributed by atoms with E-state index in [1.54, 1.807) is 22.6 Å². The van der Waals surface area contributed by atoms with Gasteiger partial charge in [-0.15, -0.1) is 27.1 Å². The van der Waals surface area contributed by atoms with Crippen LogP contribution in [0.4, 0.5) is 5.82 Å². The molecule has 3 heterocycles. The van der Waals surface area contributed by atoms with Crippen LogP contribution in [0.25, 0.3) is 5.65 Å². The van der Waals surface area contributed by atoms with Gasteiger partial charge in [-0.1, -0.05) is 6.07 Å². The summed E-state index contributed by atoms with van der Waals surface area (Å²) < 4.78 is 1.66. The van der Waals surface area contributed by atoms with Crippen molar-refractivity contribution in [1.29, 1.82) is 0 Å². The molecule has 0 bridgehead atoms. The second kappa shape index (κ2) is 6.72. The van der Waals surface area contributed by atoms with Crippen LogP contribution in [0.1, 0.15) is 16.8 Å². The van der Waals surface area contributed by atoms with Gasteiger partial charge < -0.3 is 10.2 Å². The maximum absolute atomic E-state index is 12.5. The van der Waals surface area contributed by atoms with Gasteiger partial charge in [0.15, 0.2) is 5.65 Å². The molecule has 128 valence electrons. The second-order valence-corrected chi connectivity index (χ2v) is 6.84. The first kappa shape index (κ1) is 15.9. The Balaban J connectivity index is 1.42. The SMILES string of the molecule is CSc1cccc(C(=O)NC2CCN(c3ccc4nncn4n3)C2)c1. The minimum atomic E-state index is -0.0232. The fourth-order valence-corrected chi connectivity index (χ4v) is 3.47. The Bertz CT molecular complexity index is 911. The van der Waals surface area contributed by atoms with E-state index in [0.29, 0.717) is 5.56 Å². The van der Waals surface area contributed by atoms with Gasteiger partial charge in [-0.05, 0) is 43.0 Å². The number of anilines is 1. The largest absolute Gasteiger partial charge is 0.353 e. The fourth-order valence-electron chi connectivity index (χ4n) is 3.01. The van der Waals surface area contributed by atoms with Crippen molar-refractivity contribution >= 4 is 29.1 Å². The number of hydrogen-bond acceptors (Lipinski definition) is 6. The lowest BCUT2D eigenvalue weighted by Gasteiger charge is -2.18. The number of thioether (sulfide) groups is 1. The van der Waals surface area contributed by atoms with Crippen molar-refractivity contribution in [2.24, 2.45) is 0 Å². The summed E-state index contributed by atoms with van der Waals surface area (Å²) in [6, 6.07) is 11.7. The van der Waals surface area contributed by atoms with Crippen LogP contribution >= 0.6 is 11.8 Å². The summed E-state index contributed by atoms with van der Waals surface area (Å²) in [6.45, 7) is 1.60.